The lowest BCUT2D eigenvalue weighted by atomic mass is 9.62. The van der Waals surface area contributed by atoms with Crippen LogP contribution in [0.3, 0.4) is 0 Å². The molecule has 0 aromatic carbocycles. The van der Waals surface area contributed by atoms with Gasteiger partial charge in [-0.15, -0.1) is 11.3 Å². The Hall–Kier alpha value is -1.65. The number of aliphatic hydroxyl groups is 1. The van der Waals surface area contributed by atoms with E-state index in [9.17, 15) is 23.1 Å². The molecule has 0 amide bonds. The Morgan fingerprint density at radius 3 is 2.14 bits per heavy atom. The molecule has 2 aliphatic rings. The van der Waals surface area contributed by atoms with Crippen LogP contribution in [0, 0.1) is 18.8 Å². The van der Waals surface area contributed by atoms with Crippen LogP contribution in [-0.2, 0) is 16.1 Å². The van der Waals surface area contributed by atoms with Gasteiger partial charge in [0.25, 0.3) is 0 Å². The zero-order valence-electron chi connectivity index (χ0n) is 15.4. The molecule has 2 heterocycles. The van der Waals surface area contributed by atoms with E-state index < -0.39 is 23.7 Å². The van der Waals surface area contributed by atoms with Gasteiger partial charge in [0.15, 0.2) is 0 Å². The number of alkyl halides is 3. The molecule has 3 N–H and O–H groups in total. The number of carboxylic acids is 2. The summed E-state index contributed by atoms with van der Waals surface area (Å²) in [5.41, 5.74) is -0.714. The van der Waals surface area contributed by atoms with Crippen molar-refractivity contribution in [1.29, 1.82) is 0 Å². The normalized spacial score (nSPS) is 26.1. The average Bonchev–Trinajstić information content (AvgIpc) is 2.97. The summed E-state index contributed by atoms with van der Waals surface area (Å²) in [6.45, 7) is 5.14. The first-order valence-electron chi connectivity index (χ1n) is 8.93. The van der Waals surface area contributed by atoms with Gasteiger partial charge in [0.05, 0.1) is 11.5 Å². The molecule has 158 valence electrons. The maximum Gasteiger partial charge on any atom is 0.490 e. The second-order valence-electron chi connectivity index (χ2n) is 7.41. The van der Waals surface area contributed by atoms with E-state index in [0.29, 0.717) is 12.8 Å². The number of hydrogen-bond acceptors (Lipinski definition) is 5. The van der Waals surface area contributed by atoms with Crippen molar-refractivity contribution in [2.24, 2.45) is 11.8 Å². The van der Waals surface area contributed by atoms with Gasteiger partial charge in [0.2, 0.25) is 0 Å². The number of piperidine rings is 1. The first-order valence-corrected chi connectivity index (χ1v) is 9.75. The van der Waals surface area contributed by atoms with E-state index in [0.717, 1.165) is 32.5 Å². The third-order valence-corrected chi connectivity index (χ3v) is 6.30. The largest absolute Gasteiger partial charge is 0.490 e. The van der Waals surface area contributed by atoms with Gasteiger partial charge in [-0.2, -0.15) is 13.2 Å². The highest BCUT2D eigenvalue weighted by molar-refractivity contribution is 7.11. The van der Waals surface area contributed by atoms with Crippen molar-refractivity contribution in [3.63, 3.8) is 0 Å². The maximum atomic E-state index is 10.9. The first-order chi connectivity index (χ1) is 12.9. The molecule has 0 atom stereocenters. The van der Waals surface area contributed by atoms with Crippen molar-refractivity contribution in [3.8, 4) is 0 Å². The highest BCUT2D eigenvalue weighted by Gasteiger charge is 2.51. The molecule has 1 saturated carbocycles. The Balaban J connectivity index is 0.000000345. The van der Waals surface area contributed by atoms with Crippen LogP contribution in [-0.4, -0.2) is 57.0 Å². The van der Waals surface area contributed by atoms with Crippen LogP contribution < -0.4 is 0 Å². The fourth-order valence-corrected chi connectivity index (χ4v) is 4.65. The lowest BCUT2D eigenvalue weighted by Crippen LogP contribution is -2.54. The van der Waals surface area contributed by atoms with Gasteiger partial charge in [-0.25, -0.2) is 4.79 Å². The molecule has 28 heavy (non-hydrogen) atoms. The Labute approximate surface area is 164 Å². The minimum atomic E-state index is -5.08. The quantitative estimate of drug-likeness (QED) is 0.688. The minimum Gasteiger partial charge on any atom is -0.481 e. The van der Waals surface area contributed by atoms with Gasteiger partial charge < -0.3 is 15.3 Å². The standard InChI is InChI=1S/C16H23NO3S.C2HF3O2/c1-11-2-3-14(21-11)10-17-6-4-13(5-7-17)16(20)8-12(9-16)15(18)19;3-2(4,5)1(6)7/h2-3,12-13,20H,4-10H2,1H3,(H,18,19);(H,6,7). The van der Waals surface area contributed by atoms with Gasteiger partial charge in [-0.1, -0.05) is 0 Å². The Bertz CT molecular complexity index is 692. The fraction of sp³-hybridized carbons (Fsp3) is 0.667. The van der Waals surface area contributed by atoms with Crippen LogP contribution in [0.1, 0.15) is 35.4 Å². The van der Waals surface area contributed by atoms with Gasteiger partial charge in [-0.05, 0) is 63.7 Å². The molecular formula is C18H24F3NO5S. The van der Waals surface area contributed by atoms with Crippen LogP contribution >= 0.6 is 11.3 Å². The molecule has 3 rings (SSSR count). The predicted molar refractivity (Wildman–Crippen MR) is 96.1 cm³/mol. The number of aryl methyl sites for hydroxylation is 1. The summed E-state index contributed by atoms with van der Waals surface area (Å²) < 4.78 is 31.7. The number of likely N-dealkylation sites (tertiary alicyclic amines) is 1. The van der Waals surface area contributed by atoms with Gasteiger partial charge >= 0.3 is 18.1 Å². The van der Waals surface area contributed by atoms with E-state index in [1.54, 1.807) is 0 Å². The molecule has 1 aromatic rings. The van der Waals surface area contributed by atoms with E-state index in [2.05, 4.69) is 24.0 Å². The van der Waals surface area contributed by atoms with Crippen LogP contribution in [0.15, 0.2) is 12.1 Å². The summed E-state index contributed by atoms with van der Waals surface area (Å²) in [6.07, 6.45) is -2.24. The van der Waals surface area contributed by atoms with Crippen LogP contribution in [0.2, 0.25) is 0 Å². The zero-order chi connectivity index (χ0) is 21.1. The maximum absolute atomic E-state index is 10.9. The summed E-state index contributed by atoms with van der Waals surface area (Å²) in [7, 11) is 0. The van der Waals surface area contributed by atoms with Gasteiger partial charge in [-0.3, -0.25) is 9.69 Å². The SMILES string of the molecule is Cc1ccc(CN2CCC(C3(O)CC(C(=O)O)C3)CC2)s1.O=C(O)C(F)(F)F. The summed E-state index contributed by atoms with van der Waals surface area (Å²) in [5, 5.41) is 26.6. The second-order valence-corrected chi connectivity index (χ2v) is 8.79. The number of rotatable bonds is 4. The number of thiophene rings is 1. The molecular weight excluding hydrogens is 399 g/mol. The molecule has 1 saturated heterocycles. The van der Waals surface area contributed by atoms with E-state index in [1.807, 2.05) is 11.3 Å². The van der Waals surface area contributed by atoms with Crippen LogP contribution in [0.25, 0.3) is 0 Å². The predicted octanol–water partition coefficient (Wildman–Crippen LogP) is 3.13. The molecule has 0 bridgehead atoms. The lowest BCUT2D eigenvalue weighted by molar-refractivity contribution is -0.192. The number of carbonyl (C=O) groups is 2. The second kappa shape index (κ2) is 8.79. The zero-order valence-corrected chi connectivity index (χ0v) is 16.2. The smallest absolute Gasteiger partial charge is 0.481 e. The first kappa shape index (κ1) is 22.6. The molecule has 0 unspecified atom stereocenters. The van der Waals surface area contributed by atoms with Crippen molar-refractivity contribution in [1.82, 2.24) is 4.90 Å². The van der Waals surface area contributed by atoms with Crippen molar-refractivity contribution in [3.05, 3.63) is 21.9 Å². The molecule has 1 aliphatic carbocycles. The summed E-state index contributed by atoms with van der Waals surface area (Å²) in [5.74, 6) is -3.57. The Morgan fingerprint density at radius 1 is 1.21 bits per heavy atom. The number of hydrogen-bond donors (Lipinski definition) is 3. The van der Waals surface area contributed by atoms with E-state index in [4.69, 9.17) is 15.0 Å². The third-order valence-electron chi connectivity index (χ3n) is 5.31. The van der Waals surface area contributed by atoms with Crippen molar-refractivity contribution >= 4 is 23.3 Å². The highest BCUT2D eigenvalue weighted by atomic mass is 32.1. The van der Waals surface area contributed by atoms with Gasteiger partial charge in [0, 0.05) is 16.3 Å². The topological polar surface area (TPSA) is 98.1 Å². The molecule has 1 aromatic heterocycles. The van der Waals surface area contributed by atoms with Crippen LogP contribution in [0.4, 0.5) is 13.2 Å². The number of aliphatic carboxylic acids is 2. The highest BCUT2D eigenvalue weighted by Crippen LogP contribution is 2.46. The van der Waals surface area contributed by atoms with E-state index >= 15 is 0 Å². The van der Waals surface area contributed by atoms with E-state index in [1.165, 1.54) is 9.75 Å². The summed E-state index contributed by atoms with van der Waals surface area (Å²) in [4.78, 5) is 25.0. The fourth-order valence-electron chi connectivity index (χ4n) is 3.72. The van der Waals surface area contributed by atoms with Crippen LogP contribution in [0.5, 0.6) is 0 Å². The Kier molecular flexibility index (Phi) is 7.11. The average molecular weight is 423 g/mol. The minimum absolute atomic E-state index is 0.273. The number of carboxylic acid groups (broad SMARTS) is 2. The molecule has 2 fully saturated rings. The summed E-state index contributed by atoms with van der Waals surface area (Å²) in [6, 6.07) is 4.36. The summed E-state index contributed by atoms with van der Waals surface area (Å²) >= 11 is 1.85. The monoisotopic (exact) mass is 423 g/mol. The lowest BCUT2D eigenvalue weighted by Gasteiger charge is -2.49. The van der Waals surface area contributed by atoms with Crippen molar-refractivity contribution in [2.45, 2.75) is 50.9 Å². The van der Waals surface area contributed by atoms with Crippen molar-refractivity contribution < 1.29 is 38.1 Å². The molecule has 0 radical (unpaired) electrons. The number of halogens is 3. The molecule has 10 heteroatoms. The molecule has 1 aliphatic heterocycles. The number of nitrogens with zero attached hydrogens (tertiary/aromatic N) is 1. The Morgan fingerprint density at radius 2 is 1.75 bits per heavy atom. The van der Waals surface area contributed by atoms with E-state index in [-0.39, 0.29) is 11.8 Å². The molecule has 0 spiro atoms. The third kappa shape index (κ3) is 5.92. The van der Waals surface area contributed by atoms with Gasteiger partial charge in [0.1, 0.15) is 0 Å². The van der Waals surface area contributed by atoms with Crippen molar-refractivity contribution in [2.75, 3.05) is 13.1 Å². The molecule has 6 nitrogen and oxygen atoms in total.